The molecule has 0 amide bonds. The quantitative estimate of drug-likeness (QED) is 0.617. The minimum absolute atomic E-state index is 0.201. The van der Waals surface area contributed by atoms with E-state index >= 15 is 0 Å². The standard InChI is InChI=1S/C10H15N3O4/c1-10(5-17-6-10)4-13-8(15)11(2)7(14)12(3)9(13)16/h4-6H2,1-3H3. The van der Waals surface area contributed by atoms with Crippen LogP contribution in [-0.2, 0) is 25.4 Å². The minimum Gasteiger partial charge on any atom is -0.380 e. The molecule has 1 aromatic rings. The van der Waals surface area contributed by atoms with Crippen molar-refractivity contribution in [2.45, 2.75) is 13.5 Å². The largest absolute Gasteiger partial charge is 0.380 e. The van der Waals surface area contributed by atoms with Gasteiger partial charge in [-0.1, -0.05) is 6.92 Å². The zero-order valence-electron chi connectivity index (χ0n) is 10.1. The van der Waals surface area contributed by atoms with Crippen molar-refractivity contribution in [3.05, 3.63) is 31.5 Å². The molecule has 0 radical (unpaired) electrons. The highest BCUT2D eigenvalue weighted by Crippen LogP contribution is 2.27. The van der Waals surface area contributed by atoms with Gasteiger partial charge in [-0.25, -0.2) is 28.1 Å². The summed E-state index contributed by atoms with van der Waals surface area (Å²) < 4.78 is 8.04. The summed E-state index contributed by atoms with van der Waals surface area (Å²) in [5, 5.41) is 0. The van der Waals surface area contributed by atoms with Crippen molar-refractivity contribution in [2.75, 3.05) is 13.2 Å². The zero-order chi connectivity index (χ0) is 12.8. The highest BCUT2D eigenvalue weighted by atomic mass is 16.5. The van der Waals surface area contributed by atoms with Gasteiger partial charge in [-0.15, -0.1) is 0 Å². The number of rotatable bonds is 2. The van der Waals surface area contributed by atoms with Crippen molar-refractivity contribution in [3.63, 3.8) is 0 Å². The summed E-state index contributed by atoms with van der Waals surface area (Å²) in [6.07, 6.45) is 0. The molecule has 0 unspecified atom stereocenters. The Bertz CT molecular complexity index is 578. The summed E-state index contributed by atoms with van der Waals surface area (Å²) in [7, 11) is 2.72. The van der Waals surface area contributed by atoms with Crippen molar-refractivity contribution in [3.8, 4) is 0 Å². The predicted molar refractivity (Wildman–Crippen MR) is 60.1 cm³/mol. The van der Waals surface area contributed by atoms with Crippen LogP contribution < -0.4 is 17.1 Å². The second-order valence-electron chi connectivity index (χ2n) is 4.86. The number of aromatic nitrogens is 3. The van der Waals surface area contributed by atoms with E-state index in [4.69, 9.17) is 4.74 Å². The predicted octanol–water partition coefficient (Wildman–Crippen LogP) is -1.72. The zero-order valence-corrected chi connectivity index (χ0v) is 10.1. The summed E-state index contributed by atoms with van der Waals surface area (Å²) in [5.74, 6) is 0. The number of hydrogen-bond acceptors (Lipinski definition) is 4. The van der Waals surface area contributed by atoms with Crippen LogP contribution in [0.4, 0.5) is 0 Å². The molecule has 0 saturated carbocycles. The lowest BCUT2D eigenvalue weighted by Crippen LogP contribution is -2.56. The molecule has 1 aliphatic rings. The fraction of sp³-hybridized carbons (Fsp3) is 0.700. The third kappa shape index (κ3) is 1.76. The number of ether oxygens (including phenoxy) is 1. The van der Waals surface area contributed by atoms with Crippen molar-refractivity contribution in [1.29, 1.82) is 0 Å². The molecule has 0 atom stereocenters. The highest BCUT2D eigenvalue weighted by Gasteiger charge is 2.35. The molecule has 1 aromatic heterocycles. The van der Waals surface area contributed by atoms with Crippen LogP contribution in [0, 0.1) is 5.41 Å². The highest BCUT2D eigenvalue weighted by molar-refractivity contribution is 4.85. The van der Waals surface area contributed by atoms with Gasteiger partial charge in [0.2, 0.25) is 0 Å². The molecule has 2 rings (SSSR count). The van der Waals surface area contributed by atoms with Crippen LogP contribution in [0.15, 0.2) is 14.4 Å². The van der Waals surface area contributed by atoms with Crippen molar-refractivity contribution < 1.29 is 4.74 Å². The van der Waals surface area contributed by atoms with Crippen molar-refractivity contribution in [1.82, 2.24) is 13.7 Å². The molecule has 94 valence electrons. The third-order valence-electron chi connectivity index (χ3n) is 3.05. The van der Waals surface area contributed by atoms with Gasteiger partial charge in [0, 0.05) is 26.1 Å². The van der Waals surface area contributed by atoms with Gasteiger partial charge in [-0.2, -0.15) is 0 Å². The third-order valence-corrected chi connectivity index (χ3v) is 3.05. The summed E-state index contributed by atoms with van der Waals surface area (Å²) in [5.41, 5.74) is -1.96. The summed E-state index contributed by atoms with van der Waals surface area (Å²) in [6.45, 7) is 3.25. The molecule has 1 fully saturated rings. The molecule has 7 nitrogen and oxygen atoms in total. The average Bonchev–Trinajstić information content (AvgIpc) is 2.27. The topological polar surface area (TPSA) is 75.2 Å². The Morgan fingerprint density at radius 3 is 1.88 bits per heavy atom. The molecule has 0 spiro atoms. The smallest absolute Gasteiger partial charge is 0.336 e. The molecular weight excluding hydrogens is 226 g/mol. The van der Waals surface area contributed by atoms with Crippen LogP contribution in [0.3, 0.4) is 0 Å². The van der Waals surface area contributed by atoms with Gasteiger partial charge in [0.25, 0.3) is 0 Å². The first-order valence-electron chi connectivity index (χ1n) is 5.30. The van der Waals surface area contributed by atoms with Crippen molar-refractivity contribution >= 4 is 0 Å². The maximum atomic E-state index is 11.9. The van der Waals surface area contributed by atoms with Crippen LogP contribution in [0.25, 0.3) is 0 Å². The Morgan fingerprint density at radius 1 is 1.06 bits per heavy atom. The van der Waals surface area contributed by atoms with E-state index in [1.165, 1.54) is 14.1 Å². The van der Waals surface area contributed by atoms with Crippen LogP contribution in [0.5, 0.6) is 0 Å². The van der Waals surface area contributed by atoms with Crippen LogP contribution >= 0.6 is 0 Å². The van der Waals surface area contributed by atoms with Crippen LogP contribution in [0.1, 0.15) is 6.92 Å². The van der Waals surface area contributed by atoms with Gasteiger partial charge >= 0.3 is 17.1 Å². The van der Waals surface area contributed by atoms with Gasteiger partial charge in [-0.3, -0.25) is 0 Å². The summed E-state index contributed by atoms with van der Waals surface area (Å²) in [6, 6.07) is 0. The molecule has 0 aromatic carbocycles. The first-order valence-corrected chi connectivity index (χ1v) is 5.30. The molecule has 2 heterocycles. The Kier molecular flexibility index (Phi) is 2.57. The normalized spacial score (nSPS) is 17.8. The van der Waals surface area contributed by atoms with E-state index in [0.29, 0.717) is 13.2 Å². The second-order valence-corrected chi connectivity index (χ2v) is 4.86. The van der Waals surface area contributed by atoms with Gasteiger partial charge in [-0.05, 0) is 0 Å². The van der Waals surface area contributed by atoms with Crippen LogP contribution in [0.2, 0.25) is 0 Å². The molecule has 0 N–H and O–H groups in total. The fourth-order valence-electron chi connectivity index (χ4n) is 1.89. The lowest BCUT2D eigenvalue weighted by atomic mass is 9.89. The minimum atomic E-state index is -0.605. The van der Waals surface area contributed by atoms with Crippen LogP contribution in [-0.4, -0.2) is 26.9 Å². The molecule has 1 saturated heterocycles. The van der Waals surface area contributed by atoms with E-state index < -0.39 is 17.1 Å². The second kappa shape index (κ2) is 3.69. The lowest BCUT2D eigenvalue weighted by Gasteiger charge is -2.38. The molecule has 0 bridgehead atoms. The molecule has 1 aliphatic heterocycles. The average molecular weight is 241 g/mol. The monoisotopic (exact) mass is 241 g/mol. The maximum absolute atomic E-state index is 11.9. The molecule has 0 aliphatic carbocycles. The van der Waals surface area contributed by atoms with Crippen molar-refractivity contribution in [2.24, 2.45) is 19.5 Å². The summed E-state index contributed by atoms with van der Waals surface area (Å²) >= 11 is 0. The lowest BCUT2D eigenvalue weighted by molar-refractivity contribution is -0.111. The first kappa shape index (κ1) is 11.8. The number of nitrogens with zero attached hydrogens (tertiary/aromatic N) is 3. The number of hydrogen-bond donors (Lipinski definition) is 0. The van der Waals surface area contributed by atoms with Gasteiger partial charge in [0.05, 0.1) is 13.2 Å². The van der Waals surface area contributed by atoms with E-state index in [0.717, 1.165) is 13.7 Å². The van der Waals surface area contributed by atoms with E-state index in [1.54, 1.807) is 0 Å². The first-order chi connectivity index (χ1) is 7.86. The fourth-order valence-corrected chi connectivity index (χ4v) is 1.89. The molecule has 7 heteroatoms. The van der Waals surface area contributed by atoms with E-state index in [1.807, 2.05) is 6.92 Å². The van der Waals surface area contributed by atoms with E-state index in [9.17, 15) is 14.4 Å². The molecular formula is C10H15N3O4. The van der Waals surface area contributed by atoms with E-state index in [2.05, 4.69) is 0 Å². The Hall–Kier alpha value is -1.63. The summed E-state index contributed by atoms with van der Waals surface area (Å²) in [4.78, 5) is 35.2. The van der Waals surface area contributed by atoms with E-state index in [-0.39, 0.29) is 12.0 Å². The maximum Gasteiger partial charge on any atom is 0.336 e. The Labute approximate surface area is 96.9 Å². The Balaban J connectivity index is 2.58. The Morgan fingerprint density at radius 2 is 1.53 bits per heavy atom. The van der Waals surface area contributed by atoms with Gasteiger partial charge < -0.3 is 4.74 Å². The van der Waals surface area contributed by atoms with Gasteiger partial charge in [0.1, 0.15) is 0 Å². The molecule has 17 heavy (non-hydrogen) atoms. The SMILES string of the molecule is Cn1c(=O)n(C)c(=O)n(CC2(C)COC2)c1=O. The van der Waals surface area contributed by atoms with Gasteiger partial charge in [0.15, 0.2) is 0 Å².